The van der Waals surface area contributed by atoms with Gasteiger partial charge in [-0.05, 0) is 36.2 Å². The highest BCUT2D eigenvalue weighted by Crippen LogP contribution is 2.19. The van der Waals surface area contributed by atoms with Gasteiger partial charge in [-0.1, -0.05) is 23.7 Å². The van der Waals surface area contributed by atoms with E-state index in [9.17, 15) is 8.78 Å². The first-order valence-electron chi connectivity index (χ1n) is 7.50. The predicted molar refractivity (Wildman–Crippen MR) is 93.1 cm³/mol. The summed E-state index contributed by atoms with van der Waals surface area (Å²) in [6, 6.07) is 10.8. The summed E-state index contributed by atoms with van der Waals surface area (Å²) >= 11 is 5.85. The fourth-order valence-electron chi connectivity index (χ4n) is 2.14. The van der Waals surface area contributed by atoms with E-state index in [0.717, 1.165) is 24.1 Å². The van der Waals surface area contributed by atoms with E-state index in [1.165, 1.54) is 12.3 Å². The Morgan fingerprint density at radius 2 is 1.84 bits per heavy atom. The van der Waals surface area contributed by atoms with Gasteiger partial charge in [0.25, 0.3) is 0 Å². The second kappa shape index (κ2) is 7.85. The lowest BCUT2D eigenvalue weighted by Gasteiger charge is -2.08. The van der Waals surface area contributed by atoms with Crippen LogP contribution >= 0.6 is 11.6 Å². The van der Waals surface area contributed by atoms with Gasteiger partial charge in [-0.25, -0.2) is 8.78 Å². The van der Waals surface area contributed by atoms with Crippen LogP contribution in [0.25, 0.3) is 0 Å². The lowest BCUT2D eigenvalue weighted by Crippen LogP contribution is -2.10. The fraction of sp³-hybridized carbons (Fsp3) is 0.118. The number of benzene rings is 2. The van der Waals surface area contributed by atoms with Crippen molar-refractivity contribution in [1.29, 1.82) is 0 Å². The molecule has 128 valence electrons. The second-order valence-corrected chi connectivity index (χ2v) is 5.65. The molecule has 1 aromatic heterocycles. The highest BCUT2D eigenvalue weighted by Gasteiger charge is 2.06. The summed E-state index contributed by atoms with van der Waals surface area (Å²) in [5, 5.41) is 14.2. The third-order valence-corrected chi connectivity index (χ3v) is 3.61. The lowest BCUT2D eigenvalue weighted by atomic mass is 10.1. The Kier molecular flexibility index (Phi) is 5.35. The Bertz CT molecular complexity index is 858. The van der Waals surface area contributed by atoms with Gasteiger partial charge in [-0.2, -0.15) is 10.1 Å². The fourth-order valence-corrected chi connectivity index (χ4v) is 2.26. The molecule has 0 spiro atoms. The highest BCUT2D eigenvalue weighted by atomic mass is 35.5. The average Bonchev–Trinajstić information content (AvgIpc) is 2.60. The van der Waals surface area contributed by atoms with Crippen LogP contribution in [0, 0.1) is 11.6 Å². The van der Waals surface area contributed by atoms with Crippen LogP contribution in [0.2, 0.25) is 5.02 Å². The molecule has 3 aromatic rings. The minimum atomic E-state index is -0.712. The van der Waals surface area contributed by atoms with Crippen LogP contribution in [0.4, 0.5) is 26.2 Å². The predicted octanol–water partition coefficient (Wildman–Crippen LogP) is 4.20. The molecule has 8 heteroatoms. The van der Waals surface area contributed by atoms with Crippen molar-refractivity contribution in [3.8, 4) is 0 Å². The number of aromatic nitrogens is 3. The standard InChI is InChI=1S/C17H14ClF2N5/c18-12-3-1-11(2-4-12)7-8-21-17-24-16(10-22-25-17)23-15-6-5-13(19)9-14(15)20/h1-6,9-10H,7-8H2,(H2,21,23,24,25). The number of hydrogen-bond acceptors (Lipinski definition) is 5. The van der Waals surface area contributed by atoms with Crippen molar-refractivity contribution in [2.75, 3.05) is 17.2 Å². The Balaban J connectivity index is 1.60. The van der Waals surface area contributed by atoms with Gasteiger partial charge in [0.15, 0.2) is 5.82 Å². The quantitative estimate of drug-likeness (QED) is 0.689. The normalized spacial score (nSPS) is 10.5. The molecule has 0 saturated heterocycles. The maximum Gasteiger partial charge on any atom is 0.244 e. The summed E-state index contributed by atoms with van der Waals surface area (Å²) in [7, 11) is 0. The van der Waals surface area contributed by atoms with Crippen LogP contribution in [0.5, 0.6) is 0 Å². The third-order valence-electron chi connectivity index (χ3n) is 3.36. The van der Waals surface area contributed by atoms with Crippen LogP contribution in [0.15, 0.2) is 48.7 Å². The zero-order valence-corrected chi connectivity index (χ0v) is 13.8. The molecule has 25 heavy (non-hydrogen) atoms. The van der Waals surface area contributed by atoms with Crippen molar-refractivity contribution >= 4 is 29.1 Å². The zero-order valence-electron chi connectivity index (χ0n) is 13.0. The van der Waals surface area contributed by atoms with Crippen molar-refractivity contribution < 1.29 is 8.78 Å². The van der Waals surface area contributed by atoms with Crippen LogP contribution in [-0.4, -0.2) is 21.7 Å². The molecule has 0 amide bonds. The van der Waals surface area contributed by atoms with Gasteiger partial charge in [-0.15, -0.1) is 5.10 Å². The van der Waals surface area contributed by atoms with E-state index in [4.69, 9.17) is 11.6 Å². The van der Waals surface area contributed by atoms with Gasteiger partial charge in [0.05, 0.1) is 11.9 Å². The molecule has 0 aliphatic rings. The van der Waals surface area contributed by atoms with Crippen molar-refractivity contribution in [1.82, 2.24) is 15.2 Å². The molecule has 0 fully saturated rings. The third kappa shape index (κ3) is 4.84. The van der Waals surface area contributed by atoms with Crippen molar-refractivity contribution in [3.05, 3.63) is 70.9 Å². The average molecular weight is 362 g/mol. The number of nitrogens with one attached hydrogen (secondary N) is 2. The molecule has 0 radical (unpaired) electrons. The summed E-state index contributed by atoms with van der Waals surface area (Å²) < 4.78 is 26.6. The first-order chi connectivity index (χ1) is 12.1. The lowest BCUT2D eigenvalue weighted by molar-refractivity contribution is 0.586. The second-order valence-electron chi connectivity index (χ2n) is 5.22. The molecule has 0 saturated carbocycles. The molecule has 1 heterocycles. The molecule has 0 unspecified atom stereocenters. The van der Waals surface area contributed by atoms with Gasteiger partial charge in [0.2, 0.25) is 5.95 Å². The van der Waals surface area contributed by atoms with Gasteiger partial charge in [0, 0.05) is 17.6 Å². The maximum absolute atomic E-state index is 13.7. The van der Waals surface area contributed by atoms with Crippen molar-refractivity contribution in [2.45, 2.75) is 6.42 Å². The van der Waals surface area contributed by atoms with Gasteiger partial charge < -0.3 is 10.6 Å². The molecule has 0 aliphatic heterocycles. The van der Waals surface area contributed by atoms with E-state index in [0.29, 0.717) is 23.3 Å². The van der Waals surface area contributed by atoms with E-state index in [-0.39, 0.29) is 5.69 Å². The molecule has 0 bridgehead atoms. The SMILES string of the molecule is Fc1ccc(Nc2cnnc(NCCc3ccc(Cl)cc3)n2)c(F)c1. The van der Waals surface area contributed by atoms with Crippen LogP contribution in [0.1, 0.15) is 5.56 Å². The Morgan fingerprint density at radius 1 is 1.04 bits per heavy atom. The minimum absolute atomic E-state index is 0.106. The molecule has 3 rings (SSSR count). The molecule has 0 aliphatic carbocycles. The summed E-state index contributed by atoms with van der Waals surface area (Å²) in [5.74, 6) is -0.750. The van der Waals surface area contributed by atoms with Crippen molar-refractivity contribution in [2.24, 2.45) is 0 Å². The van der Waals surface area contributed by atoms with Crippen molar-refractivity contribution in [3.63, 3.8) is 0 Å². The number of halogens is 3. The monoisotopic (exact) mass is 361 g/mol. The largest absolute Gasteiger partial charge is 0.353 e. The van der Waals surface area contributed by atoms with Gasteiger partial charge in [0.1, 0.15) is 11.6 Å². The summed E-state index contributed by atoms with van der Waals surface area (Å²) in [4.78, 5) is 4.20. The highest BCUT2D eigenvalue weighted by molar-refractivity contribution is 6.30. The minimum Gasteiger partial charge on any atom is -0.353 e. The van der Waals surface area contributed by atoms with E-state index in [1.54, 1.807) is 0 Å². The number of hydrogen-bond donors (Lipinski definition) is 2. The number of nitrogens with zero attached hydrogens (tertiary/aromatic N) is 3. The number of anilines is 3. The molecular weight excluding hydrogens is 348 g/mol. The Hall–Kier alpha value is -2.80. The summed E-state index contributed by atoms with van der Waals surface area (Å²) in [6.07, 6.45) is 2.11. The summed E-state index contributed by atoms with van der Waals surface area (Å²) in [5.41, 5.74) is 1.22. The first-order valence-corrected chi connectivity index (χ1v) is 7.88. The number of rotatable bonds is 6. The van der Waals surface area contributed by atoms with Gasteiger partial charge in [-0.3, -0.25) is 0 Å². The molecule has 5 nitrogen and oxygen atoms in total. The smallest absolute Gasteiger partial charge is 0.244 e. The molecule has 2 N–H and O–H groups in total. The van der Waals surface area contributed by atoms with E-state index < -0.39 is 11.6 Å². The Labute approximate surface area is 148 Å². The Morgan fingerprint density at radius 3 is 2.60 bits per heavy atom. The van der Waals surface area contributed by atoms with Gasteiger partial charge >= 0.3 is 0 Å². The first kappa shape index (κ1) is 17.0. The van der Waals surface area contributed by atoms with E-state index >= 15 is 0 Å². The van der Waals surface area contributed by atoms with E-state index in [2.05, 4.69) is 25.8 Å². The molecule has 0 atom stereocenters. The van der Waals surface area contributed by atoms with Crippen LogP contribution < -0.4 is 10.6 Å². The topological polar surface area (TPSA) is 62.7 Å². The van der Waals surface area contributed by atoms with E-state index in [1.807, 2.05) is 24.3 Å². The molecule has 2 aromatic carbocycles. The van der Waals surface area contributed by atoms with Crippen LogP contribution in [-0.2, 0) is 6.42 Å². The molecular formula is C17H14ClF2N5. The maximum atomic E-state index is 13.7. The summed E-state index contributed by atoms with van der Waals surface area (Å²) in [6.45, 7) is 0.595. The van der Waals surface area contributed by atoms with Crippen LogP contribution in [0.3, 0.4) is 0 Å². The zero-order chi connectivity index (χ0) is 17.6.